The molecule has 1 N–H and O–H groups in total. The normalized spacial score (nSPS) is 21.2. The summed E-state index contributed by atoms with van der Waals surface area (Å²) in [6.07, 6.45) is 8.32. The Bertz CT molecular complexity index is 1190. The van der Waals surface area contributed by atoms with Crippen molar-refractivity contribution in [2.24, 2.45) is 0 Å². The van der Waals surface area contributed by atoms with Gasteiger partial charge >= 0.3 is 5.97 Å². The lowest BCUT2D eigenvalue weighted by atomic mass is 9.95. The van der Waals surface area contributed by atoms with Crippen molar-refractivity contribution in [2.75, 3.05) is 12.4 Å². The van der Waals surface area contributed by atoms with Crippen LogP contribution in [0, 0.1) is 5.82 Å². The van der Waals surface area contributed by atoms with Crippen molar-refractivity contribution in [2.45, 2.75) is 37.4 Å². The number of anilines is 1. The highest BCUT2D eigenvalue weighted by molar-refractivity contribution is 6.01. The van der Waals surface area contributed by atoms with Crippen LogP contribution in [-0.4, -0.2) is 61.9 Å². The molecule has 3 atom stereocenters. The third kappa shape index (κ3) is 3.77. The van der Waals surface area contributed by atoms with E-state index in [1.54, 1.807) is 12.1 Å². The van der Waals surface area contributed by atoms with Gasteiger partial charge in [0.15, 0.2) is 11.5 Å². The maximum absolute atomic E-state index is 14.8. The fourth-order valence-electron chi connectivity index (χ4n) is 4.76. The number of hydrogen-bond acceptors (Lipinski definition) is 8. The number of halogens is 1. The van der Waals surface area contributed by atoms with E-state index in [-0.39, 0.29) is 46.7 Å². The number of nitrogens with one attached hydrogen (secondary N) is 1. The Morgan fingerprint density at radius 1 is 1.09 bits per heavy atom. The topological polar surface area (TPSA) is 110 Å². The zero-order valence-electron chi connectivity index (χ0n) is 17.8. The average Bonchev–Trinajstić information content (AvgIpc) is 3.42. The Morgan fingerprint density at radius 3 is 2.64 bits per heavy atom. The van der Waals surface area contributed by atoms with E-state index in [2.05, 4.69) is 30.0 Å². The van der Waals surface area contributed by atoms with Gasteiger partial charge in [-0.05, 0) is 37.5 Å². The number of aromatic nitrogens is 4. The zero-order chi connectivity index (χ0) is 22.9. The van der Waals surface area contributed by atoms with E-state index in [4.69, 9.17) is 0 Å². The van der Waals surface area contributed by atoms with Gasteiger partial charge in [-0.25, -0.2) is 29.1 Å². The van der Waals surface area contributed by atoms with Crippen LogP contribution in [0.1, 0.15) is 40.1 Å². The number of benzene rings is 1. The molecule has 4 heterocycles. The first-order valence-corrected chi connectivity index (χ1v) is 10.6. The highest BCUT2D eigenvalue weighted by Crippen LogP contribution is 2.41. The fraction of sp³-hybridized carbons (Fsp3) is 0.304. The highest BCUT2D eigenvalue weighted by atomic mass is 19.1. The number of amides is 1. The second-order valence-corrected chi connectivity index (χ2v) is 8.01. The van der Waals surface area contributed by atoms with E-state index in [0.29, 0.717) is 5.82 Å². The van der Waals surface area contributed by atoms with Crippen molar-refractivity contribution in [1.29, 1.82) is 0 Å². The van der Waals surface area contributed by atoms with Crippen LogP contribution >= 0.6 is 0 Å². The second-order valence-electron chi connectivity index (χ2n) is 8.01. The van der Waals surface area contributed by atoms with Crippen molar-refractivity contribution in [3.8, 4) is 11.4 Å². The molecule has 0 radical (unpaired) electrons. The minimum absolute atomic E-state index is 0.0315. The van der Waals surface area contributed by atoms with E-state index in [0.717, 1.165) is 19.3 Å². The molecule has 9 nitrogen and oxygen atoms in total. The van der Waals surface area contributed by atoms with Crippen LogP contribution in [-0.2, 0) is 4.74 Å². The standard InChI is InChI=1S/C23H21FN6O3/c1-33-23(32)17-11-28-19(12-27-17)29-16-10-13-6-7-18(16)30(13)22(31)14-4-2-5-15(24)20(14)21-25-8-3-9-26-21/h2-5,8-9,11-13,16,18H,6-7,10H2,1H3,(H,28,29)/t13-,16-,18+/m1/s1. The SMILES string of the molecule is COC(=O)c1cnc(N[C@@H]2C[C@H]3CC[C@@H]2N3C(=O)c2cccc(F)c2-c2ncccn2)cn1. The third-order valence-electron chi connectivity index (χ3n) is 6.18. The minimum Gasteiger partial charge on any atom is -0.464 e. The van der Waals surface area contributed by atoms with Crippen molar-refractivity contribution in [3.63, 3.8) is 0 Å². The number of esters is 1. The summed E-state index contributed by atoms with van der Waals surface area (Å²) in [4.78, 5) is 43.6. The maximum atomic E-state index is 14.8. The van der Waals surface area contributed by atoms with Crippen LogP contribution in [0.2, 0.25) is 0 Å². The van der Waals surface area contributed by atoms with Crippen molar-refractivity contribution < 1.29 is 18.7 Å². The van der Waals surface area contributed by atoms with Gasteiger partial charge in [-0.15, -0.1) is 0 Å². The molecule has 2 fully saturated rings. The predicted molar refractivity (Wildman–Crippen MR) is 116 cm³/mol. The summed E-state index contributed by atoms with van der Waals surface area (Å²) in [5, 5.41) is 3.33. The Hall–Kier alpha value is -3.95. The molecule has 3 aromatic rings. The molecule has 2 aliphatic heterocycles. The Morgan fingerprint density at radius 2 is 1.91 bits per heavy atom. The minimum atomic E-state index is -0.556. The molecule has 2 bridgehead atoms. The summed E-state index contributed by atoms with van der Waals surface area (Å²) in [6, 6.07) is 6.03. The van der Waals surface area contributed by atoms with E-state index in [9.17, 15) is 14.0 Å². The largest absolute Gasteiger partial charge is 0.464 e. The van der Waals surface area contributed by atoms with Gasteiger partial charge in [0.1, 0.15) is 11.6 Å². The van der Waals surface area contributed by atoms with Crippen LogP contribution < -0.4 is 5.32 Å². The molecule has 1 aromatic carbocycles. The average molecular weight is 448 g/mol. The van der Waals surface area contributed by atoms with Gasteiger partial charge in [0.25, 0.3) is 5.91 Å². The van der Waals surface area contributed by atoms with Gasteiger partial charge in [-0.3, -0.25) is 4.79 Å². The van der Waals surface area contributed by atoms with Crippen molar-refractivity contribution in [3.05, 3.63) is 66.1 Å². The monoisotopic (exact) mass is 448 g/mol. The molecule has 0 unspecified atom stereocenters. The first-order chi connectivity index (χ1) is 16.1. The fourth-order valence-corrected chi connectivity index (χ4v) is 4.76. The number of carbonyl (C=O) groups excluding carboxylic acids is 2. The Kier molecular flexibility index (Phi) is 5.41. The second kappa shape index (κ2) is 8.53. The van der Waals surface area contributed by atoms with E-state index in [1.807, 2.05) is 4.90 Å². The van der Waals surface area contributed by atoms with Gasteiger partial charge in [0, 0.05) is 18.4 Å². The molecule has 33 heavy (non-hydrogen) atoms. The van der Waals surface area contributed by atoms with Gasteiger partial charge in [0.2, 0.25) is 0 Å². The van der Waals surface area contributed by atoms with Crippen LogP contribution in [0.25, 0.3) is 11.4 Å². The molecular weight excluding hydrogens is 427 g/mol. The first-order valence-electron chi connectivity index (χ1n) is 10.6. The number of fused-ring (bicyclic) bond motifs is 2. The number of rotatable bonds is 5. The predicted octanol–water partition coefficient (Wildman–Crippen LogP) is 2.72. The van der Waals surface area contributed by atoms with Gasteiger partial charge in [-0.2, -0.15) is 0 Å². The van der Waals surface area contributed by atoms with Crippen LogP contribution in [0.5, 0.6) is 0 Å². The zero-order valence-corrected chi connectivity index (χ0v) is 17.8. The molecule has 2 saturated heterocycles. The number of nitrogens with zero attached hydrogens (tertiary/aromatic N) is 5. The summed E-state index contributed by atoms with van der Waals surface area (Å²) in [5.41, 5.74) is 0.485. The van der Waals surface area contributed by atoms with Crippen LogP contribution in [0.3, 0.4) is 0 Å². The molecule has 168 valence electrons. The third-order valence-corrected chi connectivity index (χ3v) is 6.18. The van der Waals surface area contributed by atoms with E-state index >= 15 is 0 Å². The molecule has 2 aromatic heterocycles. The van der Waals surface area contributed by atoms with Crippen molar-refractivity contribution >= 4 is 17.7 Å². The number of carbonyl (C=O) groups is 2. The number of ether oxygens (including phenoxy) is 1. The summed E-state index contributed by atoms with van der Waals surface area (Å²) >= 11 is 0. The lowest BCUT2D eigenvalue weighted by molar-refractivity contribution is 0.0593. The quantitative estimate of drug-likeness (QED) is 0.594. The smallest absolute Gasteiger partial charge is 0.358 e. The molecule has 0 aliphatic carbocycles. The molecule has 0 spiro atoms. The van der Waals surface area contributed by atoms with Gasteiger partial charge in [0.05, 0.1) is 42.7 Å². The Labute approximate surface area is 189 Å². The lowest BCUT2D eigenvalue weighted by Crippen LogP contribution is -2.40. The highest BCUT2D eigenvalue weighted by Gasteiger charge is 2.49. The molecular formula is C23H21FN6O3. The molecule has 2 aliphatic rings. The van der Waals surface area contributed by atoms with E-state index < -0.39 is 11.8 Å². The summed E-state index contributed by atoms with van der Waals surface area (Å²) in [6.45, 7) is 0. The maximum Gasteiger partial charge on any atom is 0.358 e. The molecule has 0 saturated carbocycles. The first kappa shape index (κ1) is 20.9. The summed E-state index contributed by atoms with van der Waals surface area (Å²) in [5.74, 6) is -0.632. The number of hydrogen-bond donors (Lipinski definition) is 1. The number of methoxy groups -OCH3 is 1. The van der Waals surface area contributed by atoms with Gasteiger partial charge < -0.3 is 15.0 Å². The Balaban J connectivity index is 1.38. The summed E-state index contributed by atoms with van der Waals surface area (Å²) in [7, 11) is 1.28. The van der Waals surface area contributed by atoms with Crippen LogP contribution in [0.4, 0.5) is 10.2 Å². The molecule has 5 rings (SSSR count). The van der Waals surface area contributed by atoms with Crippen LogP contribution in [0.15, 0.2) is 49.1 Å². The summed E-state index contributed by atoms with van der Waals surface area (Å²) < 4.78 is 19.4. The van der Waals surface area contributed by atoms with E-state index in [1.165, 1.54) is 44.0 Å². The van der Waals surface area contributed by atoms with Gasteiger partial charge in [-0.1, -0.05) is 6.07 Å². The lowest BCUT2D eigenvalue weighted by Gasteiger charge is -2.26. The van der Waals surface area contributed by atoms with Crippen molar-refractivity contribution in [1.82, 2.24) is 24.8 Å². The molecule has 10 heteroatoms. The molecule has 1 amide bonds.